The first kappa shape index (κ1) is 7.93. The van der Waals surface area contributed by atoms with Gasteiger partial charge in [0.2, 0.25) is 11.9 Å². The Kier molecular flexibility index (Phi) is 1.30. The second-order valence-electron chi connectivity index (χ2n) is 2.89. The average molecular weight is 176 g/mol. The lowest BCUT2D eigenvalue weighted by atomic mass is 9.96. The minimum Gasteiger partial charge on any atom is -0.430 e. The minimum absolute atomic E-state index is 0.555. The normalized spacial score (nSPS) is 50.2. The maximum atomic E-state index is 11.0. The summed E-state index contributed by atoms with van der Waals surface area (Å²) < 4.78 is 9.21. The summed E-state index contributed by atoms with van der Waals surface area (Å²) in [6.45, 7) is -1.15. The molecule has 12 heavy (non-hydrogen) atoms. The average Bonchev–Trinajstić information content (AvgIpc) is 2.70. The fourth-order valence-electron chi connectivity index (χ4n) is 1.51. The van der Waals surface area contributed by atoms with Gasteiger partial charge in [-0.15, -0.1) is 0 Å². The van der Waals surface area contributed by atoms with Crippen LogP contribution in [0.2, 0.25) is 0 Å². The Morgan fingerprint density at radius 3 is 2.42 bits per heavy atom. The van der Waals surface area contributed by atoms with Crippen molar-refractivity contribution in [3.05, 3.63) is 0 Å². The summed E-state index contributed by atoms with van der Waals surface area (Å²) >= 11 is 0. The molecule has 0 spiro atoms. The predicted octanol–water partition coefficient (Wildman–Crippen LogP) is -2.65. The first-order valence-corrected chi connectivity index (χ1v) is 3.44. The van der Waals surface area contributed by atoms with Crippen molar-refractivity contribution in [3.63, 3.8) is 0 Å². The Morgan fingerprint density at radius 1 is 1.42 bits per heavy atom. The monoisotopic (exact) mass is 176 g/mol. The van der Waals surface area contributed by atoms with E-state index in [2.05, 4.69) is 4.74 Å². The second kappa shape index (κ2) is 1.97. The molecule has 0 aliphatic carbocycles. The fourth-order valence-corrected chi connectivity index (χ4v) is 1.51. The first-order valence-electron chi connectivity index (χ1n) is 3.44. The van der Waals surface area contributed by atoms with Crippen molar-refractivity contribution < 1.29 is 29.6 Å². The third-order valence-corrected chi connectivity index (χ3v) is 2.40. The number of fused-ring (bicyclic) bond motifs is 1. The zero-order valence-corrected chi connectivity index (χ0v) is 6.06. The third kappa shape index (κ3) is 0.546. The predicted molar refractivity (Wildman–Crippen MR) is 32.8 cm³/mol. The highest BCUT2D eigenvalue weighted by atomic mass is 16.8. The summed E-state index contributed by atoms with van der Waals surface area (Å²) in [4.78, 5) is 11.0. The molecule has 2 aliphatic heterocycles. The molecule has 2 saturated heterocycles. The molecule has 2 fully saturated rings. The van der Waals surface area contributed by atoms with Gasteiger partial charge in [0, 0.05) is 0 Å². The van der Waals surface area contributed by atoms with Crippen LogP contribution in [-0.2, 0) is 14.3 Å². The van der Waals surface area contributed by atoms with Crippen LogP contribution in [0, 0.1) is 0 Å². The number of carbonyl (C=O) groups excluding carboxylic acids is 1. The van der Waals surface area contributed by atoms with Crippen molar-refractivity contribution in [2.24, 2.45) is 0 Å². The Morgan fingerprint density at radius 2 is 2.08 bits per heavy atom. The van der Waals surface area contributed by atoms with E-state index in [1.807, 2.05) is 0 Å². The second-order valence-corrected chi connectivity index (χ2v) is 2.89. The lowest BCUT2D eigenvalue weighted by Gasteiger charge is -2.09. The largest absolute Gasteiger partial charge is 0.430 e. The van der Waals surface area contributed by atoms with E-state index in [-0.39, 0.29) is 0 Å². The van der Waals surface area contributed by atoms with Crippen LogP contribution >= 0.6 is 0 Å². The fraction of sp³-hybridized carbons (Fsp3) is 0.833. The lowest BCUT2D eigenvalue weighted by molar-refractivity contribution is -0.180. The highest BCUT2D eigenvalue weighted by Gasteiger charge is 2.84. The van der Waals surface area contributed by atoms with Crippen LogP contribution < -0.4 is 0 Å². The van der Waals surface area contributed by atoms with Crippen molar-refractivity contribution in [3.8, 4) is 0 Å². The molecule has 2 aliphatic rings. The van der Waals surface area contributed by atoms with E-state index in [1.54, 1.807) is 0 Å². The van der Waals surface area contributed by atoms with Gasteiger partial charge in [0.1, 0.15) is 0 Å². The summed E-state index contributed by atoms with van der Waals surface area (Å²) in [6, 6.07) is 0. The molecule has 6 nitrogen and oxygen atoms in total. The van der Waals surface area contributed by atoms with Gasteiger partial charge in [-0.3, -0.25) is 0 Å². The molecule has 3 atom stereocenters. The van der Waals surface area contributed by atoms with Crippen LogP contribution in [0.1, 0.15) is 0 Å². The molecule has 0 radical (unpaired) electrons. The Bertz CT molecular complexity index is 240. The lowest BCUT2D eigenvalue weighted by Crippen LogP contribution is -2.37. The minimum atomic E-state index is -1.53. The molecule has 2 rings (SSSR count). The highest BCUT2D eigenvalue weighted by molar-refractivity contribution is 5.88. The number of epoxide rings is 1. The SMILES string of the molecule is O=C1OC(O)C2(CO)OC12CO. The van der Waals surface area contributed by atoms with Crippen LogP contribution in [0.5, 0.6) is 0 Å². The summed E-state index contributed by atoms with van der Waals surface area (Å²) in [5, 5.41) is 26.7. The van der Waals surface area contributed by atoms with Crippen molar-refractivity contribution >= 4 is 5.97 Å². The van der Waals surface area contributed by atoms with Gasteiger partial charge in [-0.2, -0.15) is 0 Å². The molecule has 0 aromatic carbocycles. The van der Waals surface area contributed by atoms with Gasteiger partial charge in [-0.1, -0.05) is 0 Å². The van der Waals surface area contributed by atoms with E-state index >= 15 is 0 Å². The van der Waals surface area contributed by atoms with Gasteiger partial charge < -0.3 is 24.8 Å². The smallest absolute Gasteiger partial charge is 0.346 e. The van der Waals surface area contributed by atoms with E-state index in [1.165, 1.54) is 0 Å². The number of esters is 1. The van der Waals surface area contributed by atoms with Crippen LogP contribution in [0.25, 0.3) is 0 Å². The number of hydrogen-bond donors (Lipinski definition) is 3. The van der Waals surface area contributed by atoms with Crippen molar-refractivity contribution in [2.45, 2.75) is 17.5 Å². The number of cyclic esters (lactones) is 1. The molecule has 68 valence electrons. The number of hydrogen-bond acceptors (Lipinski definition) is 6. The molecule has 3 unspecified atom stereocenters. The zero-order valence-electron chi connectivity index (χ0n) is 6.06. The third-order valence-electron chi connectivity index (χ3n) is 2.40. The maximum Gasteiger partial charge on any atom is 0.346 e. The van der Waals surface area contributed by atoms with E-state index in [4.69, 9.17) is 20.1 Å². The molecular formula is C6H8O6. The summed E-state index contributed by atoms with van der Waals surface area (Å²) in [5.41, 5.74) is -2.96. The Balaban J connectivity index is 2.34. The number of ether oxygens (including phenoxy) is 2. The van der Waals surface area contributed by atoms with Crippen molar-refractivity contribution in [1.29, 1.82) is 0 Å². The van der Waals surface area contributed by atoms with Crippen molar-refractivity contribution in [2.75, 3.05) is 13.2 Å². The topological polar surface area (TPSA) is 99.5 Å². The van der Waals surface area contributed by atoms with E-state index in [0.717, 1.165) is 0 Å². The van der Waals surface area contributed by atoms with Gasteiger partial charge in [0.25, 0.3) is 0 Å². The number of aliphatic hydroxyl groups is 3. The molecule has 0 amide bonds. The summed E-state index contributed by atoms with van der Waals surface area (Å²) in [6.07, 6.45) is -1.48. The molecule has 0 aromatic heterocycles. The van der Waals surface area contributed by atoms with Crippen molar-refractivity contribution in [1.82, 2.24) is 0 Å². The Hall–Kier alpha value is -0.690. The molecule has 6 heteroatoms. The van der Waals surface area contributed by atoms with Crippen LogP contribution in [-0.4, -0.2) is 52.0 Å². The van der Waals surface area contributed by atoms with Gasteiger partial charge in [0.15, 0.2) is 5.60 Å². The molecule has 3 N–H and O–H groups in total. The number of rotatable bonds is 2. The van der Waals surface area contributed by atoms with E-state index in [9.17, 15) is 4.79 Å². The Labute approximate surface area is 67.3 Å². The standard InChI is InChI=1S/C6H8O6/c7-1-5-3(9)11-4(10)6(5,2-8)12-5/h3,7-9H,1-2H2. The van der Waals surface area contributed by atoms with E-state index < -0.39 is 36.7 Å². The molecule has 2 heterocycles. The molecule has 0 bridgehead atoms. The highest BCUT2D eigenvalue weighted by Crippen LogP contribution is 2.55. The number of aliphatic hydroxyl groups excluding tert-OH is 3. The zero-order chi connectivity index (χ0) is 8.98. The summed E-state index contributed by atoms with van der Waals surface area (Å²) in [7, 11) is 0. The van der Waals surface area contributed by atoms with Crippen LogP contribution in [0.15, 0.2) is 0 Å². The maximum absolute atomic E-state index is 11.0. The van der Waals surface area contributed by atoms with Gasteiger partial charge in [0.05, 0.1) is 13.2 Å². The molecule has 0 aromatic rings. The number of carbonyl (C=O) groups is 1. The quantitative estimate of drug-likeness (QED) is 0.314. The first-order chi connectivity index (χ1) is 5.63. The molecule has 0 saturated carbocycles. The van der Waals surface area contributed by atoms with Gasteiger partial charge in [-0.25, -0.2) is 4.79 Å². The summed E-state index contributed by atoms with van der Waals surface area (Å²) in [5.74, 6) is -0.827. The molecular weight excluding hydrogens is 168 g/mol. The van der Waals surface area contributed by atoms with Gasteiger partial charge >= 0.3 is 5.97 Å². The van der Waals surface area contributed by atoms with E-state index in [0.29, 0.717) is 0 Å². The van der Waals surface area contributed by atoms with Crippen LogP contribution in [0.3, 0.4) is 0 Å². The van der Waals surface area contributed by atoms with Gasteiger partial charge in [-0.05, 0) is 0 Å². The van der Waals surface area contributed by atoms with Crippen LogP contribution in [0.4, 0.5) is 0 Å².